The zero-order valence-electron chi connectivity index (χ0n) is 14.8. The van der Waals surface area contributed by atoms with Gasteiger partial charge in [0.05, 0.1) is 18.8 Å². The van der Waals surface area contributed by atoms with Crippen LogP contribution in [-0.2, 0) is 0 Å². The highest BCUT2D eigenvalue weighted by Gasteiger charge is 2.22. The Bertz CT molecular complexity index is 1760. The van der Waals surface area contributed by atoms with Gasteiger partial charge in [0.25, 0.3) is 0 Å². The molecule has 0 unspecified atom stereocenters. The number of fused-ring (bicyclic) bond motifs is 9. The van der Waals surface area contributed by atoms with E-state index < -0.39 is 0 Å². The number of rotatable bonds is 0. The molecule has 0 bridgehead atoms. The van der Waals surface area contributed by atoms with Crippen LogP contribution in [0.5, 0.6) is 0 Å². The SMILES string of the molecule is N#C/N=c1\c2cc(F)ccc2c2c1sc1c2sc2/c(=N/C#N)c3cc(F)ccc3c21. The Morgan fingerprint density at radius 1 is 0.633 bits per heavy atom. The van der Waals surface area contributed by atoms with Crippen molar-refractivity contribution in [1.82, 2.24) is 0 Å². The fourth-order valence-corrected chi connectivity index (χ4v) is 7.12. The number of benzene rings is 2. The van der Waals surface area contributed by atoms with Crippen molar-refractivity contribution in [2.24, 2.45) is 9.98 Å². The normalized spacial score (nSPS) is 13.3. The number of hydrogen-bond acceptors (Lipinski definition) is 6. The van der Waals surface area contributed by atoms with Crippen LogP contribution in [0.4, 0.5) is 8.78 Å². The maximum atomic E-state index is 13.9. The molecule has 0 saturated heterocycles. The predicted octanol–water partition coefficient (Wildman–Crippen LogP) is 5.49. The highest BCUT2D eigenvalue weighted by atomic mass is 32.1. The molecule has 0 saturated carbocycles. The molecule has 0 aliphatic carbocycles. The molecule has 0 N–H and O–H groups in total. The van der Waals surface area contributed by atoms with Gasteiger partial charge in [-0.25, -0.2) is 8.78 Å². The van der Waals surface area contributed by atoms with Gasteiger partial charge in [0.15, 0.2) is 0 Å². The van der Waals surface area contributed by atoms with Crippen LogP contribution in [0.15, 0.2) is 46.4 Å². The van der Waals surface area contributed by atoms with E-state index in [0.29, 0.717) is 21.5 Å². The number of halogens is 2. The summed E-state index contributed by atoms with van der Waals surface area (Å²) in [6.45, 7) is 0. The van der Waals surface area contributed by atoms with Crippen molar-refractivity contribution < 1.29 is 8.78 Å². The van der Waals surface area contributed by atoms with Crippen LogP contribution in [0, 0.1) is 34.5 Å². The fourth-order valence-electron chi connectivity index (χ4n) is 4.18. The quantitative estimate of drug-likeness (QED) is 0.300. The van der Waals surface area contributed by atoms with E-state index in [9.17, 15) is 19.3 Å². The zero-order chi connectivity index (χ0) is 20.6. The first-order valence-corrected chi connectivity index (χ1v) is 10.4. The number of nitriles is 2. The van der Waals surface area contributed by atoms with E-state index >= 15 is 0 Å². The fraction of sp³-hybridized carbons (Fsp3) is 0. The molecule has 4 aromatic carbocycles. The molecule has 0 fully saturated rings. The summed E-state index contributed by atoms with van der Waals surface area (Å²) in [5.74, 6) is -0.780. The van der Waals surface area contributed by atoms with Crippen molar-refractivity contribution in [3.63, 3.8) is 0 Å². The minimum atomic E-state index is -0.390. The van der Waals surface area contributed by atoms with Crippen LogP contribution in [0.25, 0.3) is 51.1 Å². The van der Waals surface area contributed by atoms with Gasteiger partial charge in [0.1, 0.15) is 22.3 Å². The third-order valence-electron chi connectivity index (χ3n) is 5.29. The highest BCUT2D eigenvalue weighted by Crippen LogP contribution is 2.47. The molecule has 6 rings (SSSR count). The highest BCUT2D eigenvalue weighted by molar-refractivity contribution is 7.37. The average molecular weight is 428 g/mol. The summed E-state index contributed by atoms with van der Waals surface area (Å²) >= 11 is 2.94. The molecule has 0 aliphatic heterocycles. The Balaban J connectivity index is 1.92. The molecule has 6 aromatic rings. The van der Waals surface area contributed by atoms with Crippen molar-refractivity contribution in [3.8, 4) is 12.4 Å². The van der Waals surface area contributed by atoms with E-state index in [2.05, 4.69) is 9.98 Å². The van der Waals surface area contributed by atoms with Gasteiger partial charge >= 0.3 is 0 Å². The second-order valence-corrected chi connectivity index (χ2v) is 8.81. The van der Waals surface area contributed by atoms with E-state index in [0.717, 1.165) is 40.3 Å². The molecule has 0 atom stereocenters. The van der Waals surface area contributed by atoms with Crippen LogP contribution in [0.1, 0.15) is 0 Å². The van der Waals surface area contributed by atoms with Crippen molar-refractivity contribution in [1.29, 1.82) is 10.5 Å². The molecule has 140 valence electrons. The Hall–Kier alpha value is -3.72. The number of hydrogen-bond donors (Lipinski definition) is 0. The van der Waals surface area contributed by atoms with Gasteiger partial charge in [-0.3, -0.25) is 0 Å². The smallest absolute Gasteiger partial charge is 0.206 e. The van der Waals surface area contributed by atoms with Gasteiger partial charge in [0.2, 0.25) is 12.4 Å². The summed E-state index contributed by atoms with van der Waals surface area (Å²) in [6, 6.07) is 8.98. The molecule has 0 amide bonds. The zero-order valence-corrected chi connectivity index (χ0v) is 16.5. The lowest BCUT2D eigenvalue weighted by Gasteiger charge is -1.93. The van der Waals surface area contributed by atoms with E-state index in [1.807, 2.05) is 12.4 Å². The van der Waals surface area contributed by atoms with E-state index in [4.69, 9.17) is 0 Å². The van der Waals surface area contributed by atoms with E-state index in [-0.39, 0.29) is 11.6 Å². The van der Waals surface area contributed by atoms with Crippen LogP contribution in [0.3, 0.4) is 0 Å². The monoisotopic (exact) mass is 428 g/mol. The molecular formula is C22H6F2N4S2. The summed E-state index contributed by atoms with van der Waals surface area (Å²) in [5.41, 5.74) is 0. The van der Waals surface area contributed by atoms with Crippen LogP contribution < -0.4 is 10.7 Å². The molecule has 30 heavy (non-hydrogen) atoms. The third-order valence-corrected chi connectivity index (χ3v) is 7.85. The van der Waals surface area contributed by atoms with Gasteiger partial charge in [-0.1, -0.05) is 12.1 Å². The molecule has 2 aromatic heterocycles. The topological polar surface area (TPSA) is 72.3 Å². The standard InChI is InChI=1S/C22H6F2N4S2/c23-9-1-3-11-13(5-9)17(27-7-25)19-15(11)21-22(29-19)16-12-4-2-10(24)6-14(12)18(28-8-26)20(16)30-21/h1-6H/b27-17+,28-18+. The summed E-state index contributed by atoms with van der Waals surface area (Å²) in [5, 5.41) is 23.9. The van der Waals surface area contributed by atoms with Gasteiger partial charge in [0, 0.05) is 21.5 Å². The second-order valence-electron chi connectivity index (χ2n) is 6.77. The summed E-state index contributed by atoms with van der Waals surface area (Å²) in [7, 11) is 0. The van der Waals surface area contributed by atoms with Crippen molar-refractivity contribution in [2.75, 3.05) is 0 Å². The molecule has 0 radical (unpaired) electrons. The lowest BCUT2D eigenvalue weighted by atomic mass is 10.1. The van der Waals surface area contributed by atoms with Crippen LogP contribution in [0.2, 0.25) is 0 Å². The minimum absolute atomic E-state index is 0.390. The van der Waals surface area contributed by atoms with Gasteiger partial charge in [-0.15, -0.1) is 22.7 Å². The maximum absolute atomic E-state index is 13.9. The van der Waals surface area contributed by atoms with Gasteiger partial charge < -0.3 is 0 Å². The van der Waals surface area contributed by atoms with Crippen molar-refractivity contribution in [3.05, 3.63) is 58.7 Å². The minimum Gasteiger partial charge on any atom is -0.207 e. The summed E-state index contributed by atoms with van der Waals surface area (Å²) < 4.78 is 31.3. The molecule has 0 aliphatic rings. The first-order valence-electron chi connectivity index (χ1n) is 8.76. The van der Waals surface area contributed by atoms with Crippen molar-refractivity contribution in [2.45, 2.75) is 0 Å². The Labute approximate surface area is 174 Å². The Morgan fingerprint density at radius 3 is 1.47 bits per heavy atom. The maximum Gasteiger partial charge on any atom is 0.206 e. The van der Waals surface area contributed by atoms with Crippen LogP contribution >= 0.6 is 22.7 Å². The van der Waals surface area contributed by atoms with E-state index in [1.165, 1.54) is 46.9 Å². The van der Waals surface area contributed by atoms with Crippen LogP contribution in [-0.4, -0.2) is 0 Å². The number of nitrogens with zero attached hydrogens (tertiary/aromatic N) is 4. The molecular weight excluding hydrogens is 422 g/mol. The first-order chi connectivity index (χ1) is 14.6. The average Bonchev–Trinajstić information content (AvgIpc) is 3.41. The lowest BCUT2D eigenvalue weighted by Crippen LogP contribution is -1.96. The summed E-state index contributed by atoms with van der Waals surface area (Å²) in [6.07, 6.45) is 3.65. The predicted molar refractivity (Wildman–Crippen MR) is 114 cm³/mol. The molecule has 8 heteroatoms. The van der Waals surface area contributed by atoms with Crippen molar-refractivity contribution >= 4 is 73.8 Å². The largest absolute Gasteiger partial charge is 0.207 e. The Kier molecular flexibility index (Phi) is 3.37. The molecule has 2 heterocycles. The number of thiophene rings is 2. The molecule has 4 nitrogen and oxygen atoms in total. The third kappa shape index (κ3) is 2.04. The second kappa shape index (κ2) is 5.90. The summed E-state index contributed by atoms with van der Waals surface area (Å²) in [4.78, 5) is 7.94. The van der Waals surface area contributed by atoms with E-state index in [1.54, 1.807) is 12.1 Å². The first kappa shape index (κ1) is 17.2. The molecule has 0 spiro atoms. The Morgan fingerprint density at radius 2 is 1.07 bits per heavy atom. The van der Waals surface area contributed by atoms with Gasteiger partial charge in [-0.2, -0.15) is 20.5 Å². The van der Waals surface area contributed by atoms with Gasteiger partial charge in [-0.05, 0) is 35.0 Å². The lowest BCUT2D eigenvalue weighted by molar-refractivity contribution is 0.629.